The number of sulfonamides is 1. The molecule has 0 radical (unpaired) electrons. The van der Waals surface area contributed by atoms with Crippen LogP contribution in [0.3, 0.4) is 0 Å². The third-order valence-electron chi connectivity index (χ3n) is 9.20. The number of anilines is 1. The molecular formula is C31H40F3N3O7S. The van der Waals surface area contributed by atoms with Crippen LogP contribution in [0.5, 0.6) is 0 Å². The molecule has 5 rings (SSSR count). The molecule has 2 unspecified atom stereocenters. The molecule has 0 aromatic heterocycles. The Labute approximate surface area is 261 Å². The minimum Gasteiger partial charge on any atom is -0.443 e. The summed E-state index contributed by atoms with van der Waals surface area (Å²) in [7, 11) is -4.13. The van der Waals surface area contributed by atoms with Gasteiger partial charge < -0.3 is 30.4 Å². The van der Waals surface area contributed by atoms with Crippen LogP contribution >= 0.6 is 0 Å². The van der Waals surface area contributed by atoms with Crippen molar-refractivity contribution >= 4 is 21.8 Å². The summed E-state index contributed by atoms with van der Waals surface area (Å²) < 4.78 is 87.8. The van der Waals surface area contributed by atoms with Gasteiger partial charge in [0.1, 0.15) is 6.10 Å². The van der Waals surface area contributed by atoms with Gasteiger partial charge in [-0.25, -0.2) is 26.4 Å². The van der Waals surface area contributed by atoms with E-state index in [1.807, 2.05) is 0 Å². The molecule has 2 saturated heterocycles. The van der Waals surface area contributed by atoms with E-state index in [9.17, 15) is 31.5 Å². The highest BCUT2D eigenvalue weighted by molar-refractivity contribution is 7.89. The van der Waals surface area contributed by atoms with Crippen molar-refractivity contribution in [1.82, 2.24) is 9.62 Å². The monoisotopic (exact) mass is 655 g/mol. The molecule has 1 saturated carbocycles. The number of ether oxygens (including phenoxy) is 3. The first kappa shape index (κ1) is 33.5. The molecule has 1 aliphatic carbocycles. The number of hydrogen-bond acceptors (Lipinski definition) is 8. The Hall–Kier alpha value is -2.91. The van der Waals surface area contributed by atoms with Gasteiger partial charge in [-0.1, -0.05) is 20.8 Å². The van der Waals surface area contributed by atoms with Crippen LogP contribution < -0.4 is 11.1 Å². The van der Waals surface area contributed by atoms with E-state index in [0.29, 0.717) is 25.1 Å². The summed E-state index contributed by atoms with van der Waals surface area (Å²) in [4.78, 5) is 13.2. The van der Waals surface area contributed by atoms with Gasteiger partial charge in [0.05, 0.1) is 29.8 Å². The highest BCUT2D eigenvalue weighted by Crippen LogP contribution is 2.58. The van der Waals surface area contributed by atoms with Gasteiger partial charge in [-0.05, 0) is 79.5 Å². The van der Waals surface area contributed by atoms with Crippen LogP contribution in [0.25, 0.3) is 0 Å². The van der Waals surface area contributed by atoms with Gasteiger partial charge in [-0.3, -0.25) is 0 Å². The first-order valence-corrected chi connectivity index (χ1v) is 16.6. The lowest BCUT2D eigenvalue weighted by Crippen LogP contribution is -2.52. The van der Waals surface area contributed by atoms with Crippen LogP contribution in [0.4, 0.5) is 23.7 Å². The fourth-order valence-corrected chi connectivity index (χ4v) is 8.44. The maximum absolute atomic E-state index is 14.1. The van der Waals surface area contributed by atoms with Gasteiger partial charge in [0.15, 0.2) is 23.7 Å². The van der Waals surface area contributed by atoms with Crippen LogP contribution in [0.2, 0.25) is 0 Å². The fraction of sp³-hybridized carbons (Fsp3) is 0.581. The number of carbonyl (C=O) groups is 1. The van der Waals surface area contributed by atoms with Gasteiger partial charge in [0.2, 0.25) is 10.0 Å². The van der Waals surface area contributed by atoms with Gasteiger partial charge in [-0.15, -0.1) is 0 Å². The van der Waals surface area contributed by atoms with Crippen LogP contribution in [-0.4, -0.2) is 74.3 Å². The smallest absolute Gasteiger partial charge is 0.407 e. The van der Waals surface area contributed by atoms with E-state index in [1.54, 1.807) is 13.8 Å². The van der Waals surface area contributed by atoms with Crippen molar-refractivity contribution in [2.24, 2.45) is 17.3 Å². The maximum atomic E-state index is 14.1. The summed E-state index contributed by atoms with van der Waals surface area (Å²) in [6.45, 7) is 5.72. The van der Waals surface area contributed by atoms with Crippen molar-refractivity contribution in [3.63, 3.8) is 0 Å². The van der Waals surface area contributed by atoms with E-state index in [1.165, 1.54) is 24.3 Å². The van der Waals surface area contributed by atoms with Gasteiger partial charge >= 0.3 is 6.09 Å². The van der Waals surface area contributed by atoms with E-state index in [2.05, 4.69) is 12.2 Å². The van der Waals surface area contributed by atoms with E-state index >= 15 is 0 Å². The second kappa shape index (κ2) is 13.1. The summed E-state index contributed by atoms with van der Waals surface area (Å²) in [5.74, 6) is -4.55. The molecule has 45 heavy (non-hydrogen) atoms. The minimum atomic E-state index is -4.13. The summed E-state index contributed by atoms with van der Waals surface area (Å²) in [6, 6.07) is 5.82. The molecule has 3 aliphatic rings. The molecule has 2 heterocycles. The molecular weight excluding hydrogens is 615 g/mol. The topological polar surface area (TPSA) is 140 Å². The molecule has 2 aromatic rings. The Morgan fingerprint density at radius 3 is 2.47 bits per heavy atom. The average Bonchev–Trinajstić information content (AvgIpc) is 3.48. The highest BCUT2D eigenvalue weighted by atomic mass is 32.2. The number of aliphatic hydroxyl groups is 1. The average molecular weight is 656 g/mol. The number of nitrogen functional groups attached to an aromatic ring is 1. The first-order valence-electron chi connectivity index (χ1n) is 15.1. The Kier molecular flexibility index (Phi) is 9.71. The quantitative estimate of drug-likeness (QED) is 0.231. The second-order valence-corrected chi connectivity index (χ2v) is 14.6. The van der Waals surface area contributed by atoms with E-state index in [4.69, 9.17) is 19.9 Å². The molecule has 2 aromatic carbocycles. The Morgan fingerprint density at radius 2 is 1.84 bits per heavy atom. The number of aliphatic hydroxyl groups excluding tert-OH is 1. The third-order valence-corrected chi connectivity index (χ3v) is 11.0. The molecule has 3 fully saturated rings. The Balaban J connectivity index is 1.36. The molecule has 1 amide bonds. The Bertz CT molecular complexity index is 1470. The lowest BCUT2D eigenvalue weighted by atomic mass is 9.66. The summed E-state index contributed by atoms with van der Waals surface area (Å²) in [6.07, 6.45) is -2.12. The lowest BCUT2D eigenvalue weighted by molar-refractivity contribution is -0.152. The number of rotatable bonds is 12. The molecule has 2 aliphatic heterocycles. The van der Waals surface area contributed by atoms with Crippen LogP contribution in [0, 0.1) is 34.7 Å². The van der Waals surface area contributed by atoms with Crippen molar-refractivity contribution in [3.8, 4) is 0 Å². The molecule has 14 heteroatoms. The summed E-state index contributed by atoms with van der Waals surface area (Å²) >= 11 is 0. The van der Waals surface area contributed by atoms with E-state index in [-0.39, 0.29) is 53.1 Å². The molecule has 10 nitrogen and oxygen atoms in total. The molecule has 4 N–H and O–H groups in total. The lowest BCUT2D eigenvalue weighted by Gasteiger charge is -2.38. The largest absolute Gasteiger partial charge is 0.443 e. The third kappa shape index (κ3) is 6.80. The minimum absolute atomic E-state index is 0.0195. The molecule has 2 bridgehead atoms. The number of alkyl carbamates (subject to hydrolysis) is 1. The number of amides is 1. The zero-order chi connectivity index (χ0) is 32.7. The maximum Gasteiger partial charge on any atom is 0.407 e. The van der Waals surface area contributed by atoms with Crippen LogP contribution in [0.15, 0.2) is 41.3 Å². The summed E-state index contributed by atoms with van der Waals surface area (Å²) in [5, 5.41) is 14.0. The first-order chi connectivity index (χ1) is 21.2. The van der Waals surface area contributed by atoms with Crippen LogP contribution in [-0.2, 0) is 30.7 Å². The predicted octanol–water partition coefficient (Wildman–Crippen LogP) is 3.96. The zero-order valence-electron chi connectivity index (χ0n) is 25.4. The zero-order valence-corrected chi connectivity index (χ0v) is 26.2. The number of benzene rings is 2. The highest BCUT2D eigenvalue weighted by Gasteiger charge is 2.63. The number of halogens is 3. The van der Waals surface area contributed by atoms with Gasteiger partial charge in [0, 0.05) is 24.2 Å². The molecule has 248 valence electrons. The van der Waals surface area contributed by atoms with Gasteiger partial charge in [-0.2, -0.15) is 4.31 Å². The van der Waals surface area contributed by atoms with Crippen molar-refractivity contribution in [2.45, 2.75) is 82.0 Å². The second-order valence-electron chi connectivity index (χ2n) is 12.7. The van der Waals surface area contributed by atoms with Crippen molar-refractivity contribution in [3.05, 3.63) is 59.4 Å². The normalized spacial score (nSPS) is 27.1. The van der Waals surface area contributed by atoms with Crippen LogP contribution in [0.1, 0.15) is 45.6 Å². The molecule has 7 atom stereocenters. The van der Waals surface area contributed by atoms with E-state index in [0.717, 1.165) is 22.9 Å². The number of carbonyl (C=O) groups excluding carboxylic acids is 1. The van der Waals surface area contributed by atoms with Gasteiger partial charge in [0.25, 0.3) is 0 Å². The van der Waals surface area contributed by atoms with Crippen molar-refractivity contribution in [1.29, 1.82) is 0 Å². The Morgan fingerprint density at radius 1 is 1.18 bits per heavy atom. The standard InChI is InChI=1S/C31H40F3N3O7S/c1-4-31-13-27-26(12-19(31)16-42-29(31)43-27)44-30(39)36-24(11-18-9-22(32)28(34)23(33)10-18)25(38)15-37(14-17(2)3)45(40,41)21-7-5-20(35)6-8-21/h5-10,17,19,24-27,29,38H,4,11-16,35H2,1-3H3,(H,36,39)/t19-,24+,25-,26?,27?,29-,31-/m1/s1. The van der Waals surface area contributed by atoms with Crippen molar-refractivity contribution < 1.29 is 45.7 Å². The number of nitrogens with zero attached hydrogens (tertiary/aromatic N) is 1. The predicted molar refractivity (Wildman–Crippen MR) is 158 cm³/mol. The number of fused-ring (bicyclic) bond motifs is 1. The number of nitrogens with one attached hydrogen (secondary N) is 1. The summed E-state index contributed by atoms with van der Waals surface area (Å²) in [5.41, 5.74) is 5.91. The van der Waals surface area contributed by atoms with Crippen molar-refractivity contribution in [2.75, 3.05) is 25.4 Å². The molecule has 0 spiro atoms. The number of nitrogens with two attached hydrogens (primary N) is 1. The fourth-order valence-electron chi connectivity index (χ4n) is 6.81. The van der Waals surface area contributed by atoms with E-state index < -0.39 is 58.4 Å². The SMILES string of the molecule is CC[C@]12CC3O[C@H]1OC[C@H]2CC3OC(=O)N[C@@H](Cc1cc(F)c(F)c(F)c1)[C@H](O)CN(CC(C)C)S(=O)(=O)c1ccc(N)cc1. The number of hydrogen-bond donors (Lipinski definition) is 3.